The molecule has 3 aromatic rings. The summed E-state index contributed by atoms with van der Waals surface area (Å²) in [7, 11) is 0. The van der Waals surface area contributed by atoms with Crippen LogP contribution < -0.4 is 5.32 Å². The number of rotatable bonds is 7. The van der Waals surface area contributed by atoms with Crippen LogP contribution in [0, 0.1) is 0 Å². The molecule has 0 saturated carbocycles. The first kappa shape index (κ1) is 19.6. The van der Waals surface area contributed by atoms with Crippen molar-refractivity contribution < 1.29 is 22.7 Å². The van der Waals surface area contributed by atoms with Crippen molar-refractivity contribution >= 4 is 11.6 Å². The Morgan fingerprint density at radius 2 is 1.89 bits per heavy atom. The quantitative estimate of drug-likeness (QED) is 0.657. The highest BCUT2D eigenvalue weighted by Gasteiger charge is 2.27. The fourth-order valence-corrected chi connectivity index (χ4v) is 2.58. The molecule has 3 rings (SSSR count). The molecule has 8 heteroatoms. The number of aromatic nitrogens is 2. The molecule has 1 N–H and O–H groups in total. The van der Waals surface area contributed by atoms with Gasteiger partial charge in [0.15, 0.2) is 0 Å². The minimum Gasteiger partial charge on any atom is -0.367 e. The maximum atomic E-state index is 12.4. The lowest BCUT2D eigenvalue weighted by atomic mass is 10.1. The predicted molar refractivity (Wildman–Crippen MR) is 97.9 cm³/mol. The van der Waals surface area contributed by atoms with E-state index < -0.39 is 12.8 Å². The zero-order valence-corrected chi connectivity index (χ0v) is 14.8. The number of imidazole rings is 1. The Hall–Kier alpha value is -3.13. The monoisotopic (exact) mass is 389 g/mol. The molecule has 146 valence electrons. The zero-order chi connectivity index (χ0) is 20.0. The first-order chi connectivity index (χ1) is 13.4. The van der Waals surface area contributed by atoms with Crippen LogP contribution in [0.4, 0.5) is 18.9 Å². The molecule has 28 heavy (non-hydrogen) atoms. The summed E-state index contributed by atoms with van der Waals surface area (Å²) in [5.41, 5.74) is 2.62. The number of amides is 1. The third-order valence-corrected chi connectivity index (χ3v) is 3.86. The molecule has 0 bridgehead atoms. The van der Waals surface area contributed by atoms with E-state index in [9.17, 15) is 18.0 Å². The van der Waals surface area contributed by atoms with Gasteiger partial charge in [0, 0.05) is 30.2 Å². The van der Waals surface area contributed by atoms with E-state index in [1.165, 1.54) is 0 Å². The van der Waals surface area contributed by atoms with Gasteiger partial charge in [-0.2, -0.15) is 13.2 Å². The minimum absolute atomic E-state index is 0.169. The molecule has 1 heterocycles. The van der Waals surface area contributed by atoms with Gasteiger partial charge in [0.1, 0.15) is 6.61 Å². The second kappa shape index (κ2) is 8.71. The number of hydrogen-bond acceptors (Lipinski definition) is 3. The Morgan fingerprint density at radius 1 is 1.11 bits per heavy atom. The van der Waals surface area contributed by atoms with Gasteiger partial charge >= 0.3 is 6.18 Å². The number of carbonyl (C=O) groups is 1. The van der Waals surface area contributed by atoms with Crippen molar-refractivity contribution in [2.45, 2.75) is 19.3 Å². The molecule has 0 spiro atoms. The third-order valence-electron chi connectivity index (χ3n) is 3.86. The predicted octanol–water partition coefficient (Wildman–Crippen LogP) is 4.26. The van der Waals surface area contributed by atoms with E-state index in [0.717, 1.165) is 5.56 Å². The SMILES string of the molecule is O=C(Nc1cccc(Cn2ccnc2)c1)c1ccc(COCC(F)(F)F)cc1. The highest BCUT2D eigenvalue weighted by molar-refractivity contribution is 6.04. The summed E-state index contributed by atoms with van der Waals surface area (Å²) in [6, 6.07) is 13.7. The highest BCUT2D eigenvalue weighted by atomic mass is 19.4. The molecule has 0 unspecified atom stereocenters. The molecule has 5 nitrogen and oxygen atoms in total. The van der Waals surface area contributed by atoms with Crippen molar-refractivity contribution in [2.24, 2.45) is 0 Å². The van der Waals surface area contributed by atoms with Gasteiger partial charge in [-0.3, -0.25) is 4.79 Å². The molecule has 0 saturated heterocycles. The van der Waals surface area contributed by atoms with Crippen LogP contribution in [0.3, 0.4) is 0 Å². The van der Waals surface area contributed by atoms with Gasteiger partial charge in [-0.25, -0.2) is 4.98 Å². The van der Waals surface area contributed by atoms with Crippen molar-refractivity contribution in [1.82, 2.24) is 9.55 Å². The maximum absolute atomic E-state index is 12.4. The number of alkyl halides is 3. The van der Waals surface area contributed by atoms with Gasteiger partial charge < -0.3 is 14.6 Å². The second-order valence-corrected chi connectivity index (χ2v) is 6.19. The molecule has 0 fully saturated rings. The molecule has 0 aliphatic rings. The minimum atomic E-state index is -4.35. The van der Waals surface area contributed by atoms with Crippen LogP contribution >= 0.6 is 0 Å². The third kappa shape index (κ3) is 5.95. The summed E-state index contributed by atoms with van der Waals surface area (Å²) in [5, 5.41) is 2.82. The van der Waals surface area contributed by atoms with E-state index in [1.54, 1.807) is 42.9 Å². The number of halogens is 3. The Kier molecular flexibility index (Phi) is 6.10. The van der Waals surface area contributed by atoms with Crippen molar-refractivity contribution in [3.05, 3.63) is 83.9 Å². The van der Waals surface area contributed by atoms with Crippen LogP contribution in [0.5, 0.6) is 0 Å². The van der Waals surface area contributed by atoms with E-state index in [4.69, 9.17) is 0 Å². The van der Waals surface area contributed by atoms with Crippen molar-refractivity contribution in [3.8, 4) is 0 Å². The summed E-state index contributed by atoms with van der Waals surface area (Å²) in [5.74, 6) is -0.303. The smallest absolute Gasteiger partial charge is 0.367 e. The van der Waals surface area contributed by atoms with Gasteiger partial charge in [-0.1, -0.05) is 24.3 Å². The van der Waals surface area contributed by atoms with Crippen LogP contribution in [-0.2, 0) is 17.9 Å². The van der Waals surface area contributed by atoms with Gasteiger partial charge in [0.2, 0.25) is 0 Å². The van der Waals surface area contributed by atoms with E-state index in [1.807, 2.05) is 29.0 Å². The summed E-state index contributed by atoms with van der Waals surface area (Å²) < 4.78 is 42.8. The Bertz CT molecular complexity index is 907. The van der Waals surface area contributed by atoms with Gasteiger partial charge in [-0.15, -0.1) is 0 Å². The van der Waals surface area contributed by atoms with Crippen LogP contribution in [-0.4, -0.2) is 28.2 Å². The molecule has 0 radical (unpaired) electrons. The van der Waals surface area contributed by atoms with Gasteiger partial charge in [-0.05, 0) is 35.4 Å². The highest BCUT2D eigenvalue weighted by Crippen LogP contribution is 2.17. The topological polar surface area (TPSA) is 56.2 Å². The van der Waals surface area contributed by atoms with Crippen molar-refractivity contribution in [2.75, 3.05) is 11.9 Å². The number of ether oxygens (including phenoxy) is 1. The summed E-state index contributed by atoms with van der Waals surface area (Å²) in [6.45, 7) is -0.835. The summed E-state index contributed by atoms with van der Waals surface area (Å²) >= 11 is 0. The first-order valence-electron chi connectivity index (χ1n) is 8.48. The lowest BCUT2D eigenvalue weighted by molar-refractivity contribution is -0.176. The fraction of sp³-hybridized carbons (Fsp3) is 0.200. The van der Waals surface area contributed by atoms with Crippen molar-refractivity contribution in [3.63, 3.8) is 0 Å². The normalized spacial score (nSPS) is 11.4. The molecule has 0 aliphatic carbocycles. The Labute approximate surface area is 159 Å². The van der Waals surface area contributed by atoms with Crippen molar-refractivity contribution in [1.29, 1.82) is 0 Å². The first-order valence-corrected chi connectivity index (χ1v) is 8.48. The molecular formula is C20H18F3N3O2. The Balaban J connectivity index is 1.57. The fourth-order valence-electron chi connectivity index (χ4n) is 2.58. The van der Waals surface area contributed by atoms with E-state index in [0.29, 0.717) is 23.4 Å². The average molecular weight is 389 g/mol. The lowest BCUT2D eigenvalue weighted by Gasteiger charge is -2.10. The van der Waals surface area contributed by atoms with E-state index in [-0.39, 0.29) is 12.5 Å². The Morgan fingerprint density at radius 3 is 2.57 bits per heavy atom. The molecular weight excluding hydrogens is 371 g/mol. The molecule has 0 atom stereocenters. The summed E-state index contributed by atoms with van der Waals surface area (Å²) in [6.07, 6.45) is 0.909. The van der Waals surface area contributed by atoms with Crippen LogP contribution in [0.2, 0.25) is 0 Å². The number of nitrogens with zero attached hydrogens (tertiary/aromatic N) is 2. The number of carbonyl (C=O) groups excluding carboxylic acids is 1. The molecule has 1 aromatic heterocycles. The maximum Gasteiger partial charge on any atom is 0.411 e. The number of hydrogen-bond donors (Lipinski definition) is 1. The second-order valence-electron chi connectivity index (χ2n) is 6.19. The number of nitrogens with one attached hydrogen (secondary N) is 1. The molecule has 2 aromatic carbocycles. The standard InChI is InChI=1S/C20H18F3N3O2/c21-20(22,23)13-28-12-15-4-6-17(7-5-15)19(27)25-18-3-1-2-16(10-18)11-26-9-8-24-14-26/h1-10,14H,11-13H2,(H,25,27). The lowest BCUT2D eigenvalue weighted by Crippen LogP contribution is -2.16. The van der Waals surface area contributed by atoms with Crippen LogP contribution in [0.25, 0.3) is 0 Å². The van der Waals surface area contributed by atoms with E-state index in [2.05, 4.69) is 15.0 Å². The van der Waals surface area contributed by atoms with E-state index >= 15 is 0 Å². The van der Waals surface area contributed by atoms with Crippen LogP contribution in [0.1, 0.15) is 21.5 Å². The zero-order valence-electron chi connectivity index (χ0n) is 14.8. The number of anilines is 1. The van der Waals surface area contributed by atoms with Gasteiger partial charge in [0.05, 0.1) is 12.9 Å². The average Bonchev–Trinajstić information content (AvgIpc) is 3.14. The van der Waals surface area contributed by atoms with Crippen LogP contribution in [0.15, 0.2) is 67.3 Å². The largest absolute Gasteiger partial charge is 0.411 e. The summed E-state index contributed by atoms with van der Waals surface area (Å²) in [4.78, 5) is 16.4. The number of benzene rings is 2. The molecule has 0 aliphatic heterocycles. The molecule has 1 amide bonds. The van der Waals surface area contributed by atoms with Gasteiger partial charge in [0.25, 0.3) is 5.91 Å².